The number of hydrogen-bond acceptors (Lipinski definition) is 3. The maximum atomic E-state index is 12.4. The molecule has 1 saturated heterocycles. The number of hydrogen-bond donors (Lipinski definition) is 2. The summed E-state index contributed by atoms with van der Waals surface area (Å²) in [5.74, 6) is -0.489. The standard InChI is InChI=1S/C15H19BrN2O3/c16-13-5-3-12(4-6-13)15(21)18-7-1-2-11(10-18)8-17-9-14(19)20/h3-6,11,17H,1-2,7-10H2,(H,19,20). The molecule has 0 bridgehead atoms. The molecule has 114 valence electrons. The molecule has 1 amide bonds. The Hall–Kier alpha value is -1.40. The Balaban J connectivity index is 1.89. The van der Waals surface area contributed by atoms with Gasteiger partial charge in [0.1, 0.15) is 0 Å². The predicted molar refractivity (Wildman–Crippen MR) is 83.3 cm³/mol. The van der Waals surface area contributed by atoms with Gasteiger partial charge in [0, 0.05) is 29.7 Å². The monoisotopic (exact) mass is 354 g/mol. The largest absolute Gasteiger partial charge is 0.480 e. The Morgan fingerprint density at radius 1 is 1.33 bits per heavy atom. The fraction of sp³-hybridized carbons (Fsp3) is 0.467. The van der Waals surface area contributed by atoms with Crippen molar-refractivity contribution in [2.75, 3.05) is 26.2 Å². The fourth-order valence-electron chi connectivity index (χ4n) is 2.57. The summed E-state index contributed by atoms with van der Waals surface area (Å²) >= 11 is 3.36. The van der Waals surface area contributed by atoms with E-state index >= 15 is 0 Å². The van der Waals surface area contributed by atoms with Crippen molar-refractivity contribution in [2.45, 2.75) is 12.8 Å². The van der Waals surface area contributed by atoms with E-state index in [-0.39, 0.29) is 12.5 Å². The average molecular weight is 355 g/mol. The van der Waals surface area contributed by atoms with Crippen LogP contribution < -0.4 is 5.32 Å². The van der Waals surface area contributed by atoms with Gasteiger partial charge in [0.2, 0.25) is 0 Å². The topological polar surface area (TPSA) is 69.6 Å². The first-order valence-electron chi connectivity index (χ1n) is 7.03. The number of likely N-dealkylation sites (tertiary alicyclic amines) is 1. The number of nitrogens with one attached hydrogen (secondary N) is 1. The number of aliphatic carboxylic acids is 1. The molecule has 6 heteroatoms. The number of carbonyl (C=O) groups excluding carboxylic acids is 1. The van der Waals surface area contributed by atoms with Gasteiger partial charge in [0.05, 0.1) is 6.54 Å². The highest BCUT2D eigenvalue weighted by atomic mass is 79.9. The number of carbonyl (C=O) groups is 2. The summed E-state index contributed by atoms with van der Waals surface area (Å²) in [6, 6.07) is 7.36. The van der Waals surface area contributed by atoms with Crippen LogP contribution in [0.4, 0.5) is 0 Å². The molecule has 2 rings (SSSR count). The van der Waals surface area contributed by atoms with Crippen LogP contribution in [-0.4, -0.2) is 48.1 Å². The van der Waals surface area contributed by atoms with E-state index in [1.54, 1.807) is 0 Å². The van der Waals surface area contributed by atoms with Crippen LogP contribution in [0.1, 0.15) is 23.2 Å². The first-order valence-corrected chi connectivity index (χ1v) is 7.83. The van der Waals surface area contributed by atoms with Gasteiger partial charge in [-0.05, 0) is 43.0 Å². The third kappa shape index (κ3) is 4.82. The number of amides is 1. The van der Waals surface area contributed by atoms with E-state index in [1.807, 2.05) is 29.2 Å². The fourth-order valence-corrected chi connectivity index (χ4v) is 2.84. The van der Waals surface area contributed by atoms with Gasteiger partial charge in [-0.1, -0.05) is 15.9 Å². The minimum Gasteiger partial charge on any atom is -0.480 e. The first-order chi connectivity index (χ1) is 10.1. The maximum absolute atomic E-state index is 12.4. The van der Waals surface area contributed by atoms with E-state index < -0.39 is 5.97 Å². The van der Waals surface area contributed by atoms with Crippen molar-refractivity contribution in [2.24, 2.45) is 5.92 Å². The van der Waals surface area contributed by atoms with Crippen LogP contribution in [0.5, 0.6) is 0 Å². The van der Waals surface area contributed by atoms with Crippen LogP contribution in [0.2, 0.25) is 0 Å². The van der Waals surface area contributed by atoms with Gasteiger partial charge in [-0.3, -0.25) is 9.59 Å². The van der Waals surface area contributed by atoms with Gasteiger partial charge in [-0.2, -0.15) is 0 Å². The zero-order valence-corrected chi connectivity index (χ0v) is 13.3. The summed E-state index contributed by atoms with van der Waals surface area (Å²) in [6.45, 7) is 2.05. The van der Waals surface area contributed by atoms with Crippen LogP contribution in [0, 0.1) is 5.92 Å². The van der Waals surface area contributed by atoms with Crippen molar-refractivity contribution in [3.63, 3.8) is 0 Å². The molecule has 2 N–H and O–H groups in total. The summed E-state index contributed by atoms with van der Waals surface area (Å²) < 4.78 is 0.952. The Bertz CT molecular complexity index is 504. The van der Waals surface area contributed by atoms with Gasteiger partial charge in [-0.15, -0.1) is 0 Å². The second-order valence-electron chi connectivity index (χ2n) is 5.29. The molecule has 1 unspecified atom stereocenters. The third-order valence-electron chi connectivity index (χ3n) is 3.61. The number of rotatable bonds is 5. The van der Waals surface area contributed by atoms with Crippen LogP contribution in [0.3, 0.4) is 0 Å². The summed E-state index contributed by atoms with van der Waals surface area (Å²) in [5, 5.41) is 11.5. The van der Waals surface area contributed by atoms with Crippen LogP contribution in [-0.2, 0) is 4.79 Å². The van der Waals surface area contributed by atoms with E-state index in [9.17, 15) is 9.59 Å². The van der Waals surface area contributed by atoms with Gasteiger partial charge in [0.25, 0.3) is 5.91 Å². The molecule has 1 atom stereocenters. The van der Waals surface area contributed by atoms with Gasteiger partial charge < -0.3 is 15.3 Å². The predicted octanol–water partition coefficient (Wildman–Crippen LogP) is 1.98. The molecule has 0 spiro atoms. The molecule has 1 aliphatic rings. The highest BCUT2D eigenvalue weighted by molar-refractivity contribution is 9.10. The molecular formula is C15H19BrN2O3. The van der Waals surface area contributed by atoms with E-state index in [0.29, 0.717) is 24.6 Å². The minimum absolute atomic E-state index is 0.0306. The molecule has 0 radical (unpaired) electrons. The number of halogens is 1. The third-order valence-corrected chi connectivity index (χ3v) is 4.14. The molecule has 1 fully saturated rings. The summed E-state index contributed by atoms with van der Waals surface area (Å²) in [4.78, 5) is 24.8. The SMILES string of the molecule is O=C(O)CNCC1CCCN(C(=O)c2ccc(Br)cc2)C1. The minimum atomic E-state index is -0.853. The first kappa shape index (κ1) is 16.0. The molecule has 0 saturated carbocycles. The zero-order valence-electron chi connectivity index (χ0n) is 11.7. The van der Waals surface area contributed by atoms with Crippen molar-refractivity contribution in [1.29, 1.82) is 0 Å². The molecule has 21 heavy (non-hydrogen) atoms. The Labute approximate surface area is 132 Å². The van der Waals surface area contributed by atoms with E-state index in [4.69, 9.17) is 5.11 Å². The number of piperidine rings is 1. The molecule has 5 nitrogen and oxygen atoms in total. The summed E-state index contributed by atoms with van der Waals surface area (Å²) in [5.41, 5.74) is 0.692. The van der Waals surface area contributed by atoms with E-state index in [2.05, 4.69) is 21.2 Å². The summed E-state index contributed by atoms with van der Waals surface area (Å²) in [6.07, 6.45) is 1.98. The van der Waals surface area contributed by atoms with Crippen LogP contribution >= 0.6 is 15.9 Å². The molecule has 1 aliphatic heterocycles. The molecular weight excluding hydrogens is 336 g/mol. The number of benzene rings is 1. The highest BCUT2D eigenvalue weighted by Gasteiger charge is 2.24. The Morgan fingerprint density at radius 2 is 2.05 bits per heavy atom. The van der Waals surface area contributed by atoms with Gasteiger partial charge in [-0.25, -0.2) is 0 Å². The molecule has 0 aromatic heterocycles. The molecule has 1 heterocycles. The molecule has 1 aromatic rings. The molecule has 1 aromatic carbocycles. The second-order valence-corrected chi connectivity index (χ2v) is 6.21. The average Bonchev–Trinajstić information content (AvgIpc) is 2.47. The highest BCUT2D eigenvalue weighted by Crippen LogP contribution is 2.19. The number of carboxylic acids is 1. The smallest absolute Gasteiger partial charge is 0.317 e. The van der Waals surface area contributed by atoms with Crippen molar-refractivity contribution in [3.05, 3.63) is 34.3 Å². The lowest BCUT2D eigenvalue weighted by Gasteiger charge is -2.33. The van der Waals surface area contributed by atoms with E-state index in [1.165, 1.54) is 0 Å². The van der Waals surface area contributed by atoms with Crippen LogP contribution in [0.25, 0.3) is 0 Å². The second kappa shape index (κ2) is 7.56. The van der Waals surface area contributed by atoms with Crippen molar-refractivity contribution in [3.8, 4) is 0 Å². The Morgan fingerprint density at radius 3 is 2.71 bits per heavy atom. The van der Waals surface area contributed by atoms with Crippen LogP contribution in [0.15, 0.2) is 28.7 Å². The van der Waals surface area contributed by atoms with E-state index in [0.717, 1.165) is 23.9 Å². The lowest BCUT2D eigenvalue weighted by Crippen LogP contribution is -2.43. The lowest BCUT2D eigenvalue weighted by atomic mass is 9.97. The van der Waals surface area contributed by atoms with Crippen molar-refractivity contribution in [1.82, 2.24) is 10.2 Å². The van der Waals surface area contributed by atoms with Gasteiger partial charge >= 0.3 is 5.97 Å². The summed E-state index contributed by atoms with van der Waals surface area (Å²) in [7, 11) is 0. The van der Waals surface area contributed by atoms with Crippen molar-refractivity contribution < 1.29 is 14.7 Å². The Kier molecular flexibility index (Phi) is 5.76. The quantitative estimate of drug-likeness (QED) is 0.848. The van der Waals surface area contributed by atoms with Crippen molar-refractivity contribution >= 4 is 27.8 Å². The lowest BCUT2D eigenvalue weighted by molar-refractivity contribution is -0.136. The normalized spacial score (nSPS) is 18.5. The van der Waals surface area contributed by atoms with Gasteiger partial charge in [0.15, 0.2) is 0 Å². The maximum Gasteiger partial charge on any atom is 0.317 e. The number of nitrogens with zero attached hydrogens (tertiary/aromatic N) is 1. The molecule has 0 aliphatic carbocycles. The number of carboxylic acid groups (broad SMARTS) is 1. The zero-order chi connectivity index (χ0) is 15.2.